The van der Waals surface area contributed by atoms with Crippen LogP contribution < -0.4 is 10.6 Å². The van der Waals surface area contributed by atoms with Crippen LogP contribution in [0, 0.1) is 0 Å². The summed E-state index contributed by atoms with van der Waals surface area (Å²) in [4.78, 5) is 25.3. The average molecular weight is 423 g/mol. The fourth-order valence-electron chi connectivity index (χ4n) is 3.13. The zero-order valence-corrected chi connectivity index (χ0v) is 17.1. The summed E-state index contributed by atoms with van der Waals surface area (Å²) in [5.41, 5.74) is 2.25. The van der Waals surface area contributed by atoms with Crippen LogP contribution in [-0.2, 0) is 4.79 Å². The molecule has 3 N–H and O–H groups in total. The standard InChI is InChI=1S/C24H23ClN2O3/c25-20-11-12-22(21(13-20)24(30)18-9-5-2-6-10-18)27-23(29)15-26-14-19(16-28)17-7-3-1-4-8-17/h1-13,19,26,28H,14-16H2,(H,27,29). The molecule has 0 aliphatic carbocycles. The molecule has 0 spiro atoms. The Morgan fingerprint density at radius 1 is 0.933 bits per heavy atom. The SMILES string of the molecule is O=C(CNCC(CO)c1ccccc1)Nc1ccc(Cl)cc1C(=O)c1ccccc1. The van der Waals surface area contributed by atoms with Gasteiger partial charge in [-0.05, 0) is 23.8 Å². The number of rotatable bonds is 9. The van der Waals surface area contributed by atoms with Crippen molar-refractivity contribution in [1.82, 2.24) is 5.32 Å². The maximum absolute atomic E-state index is 12.8. The number of hydrogen-bond acceptors (Lipinski definition) is 4. The number of hydrogen-bond donors (Lipinski definition) is 3. The Hall–Kier alpha value is -2.99. The van der Waals surface area contributed by atoms with Gasteiger partial charge in [-0.2, -0.15) is 0 Å². The topological polar surface area (TPSA) is 78.4 Å². The van der Waals surface area contributed by atoms with Crippen molar-refractivity contribution in [3.8, 4) is 0 Å². The van der Waals surface area contributed by atoms with E-state index < -0.39 is 0 Å². The Morgan fingerprint density at radius 3 is 2.27 bits per heavy atom. The summed E-state index contributed by atoms with van der Waals surface area (Å²) in [6.45, 7) is 0.473. The second-order valence-corrected chi connectivity index (χ2v) is 7.29. The van der Waals surface area contributed by atoms with Crippen LogP contribution in [0.3, 0.4) is 0 Å². The number of carbonyl (C=O) groups is 2. The van der Waals surface area contributed by atoms with E-state index in [9.17, 15) is 14.7 Å². The van der Waals surface area contributed by atoms with Gasteiger partial charge in [0.15, 0.2) is 5.78 Å². The van der Waals surface area contributed by atoms with Gasteiger partial charge in [0, 0.05) is 28.6 Å². The van der Waals surface area contributed by atoms with Gasteiger partial charge in [-0.15, -0.1) is 0 Å². The molecule has 3 rings (SSSR count). The molecular formula is C24H23ClN2O3. The van der Waals surface area contributed by atoms with Crippen molar-refractivity contribution in [2.75, 3.05) is 25.0 Å². The number of aliphatic hydroxyl groups excluding tert-OH is 1. The number of ketones is 1. The second kappa shape index (κ2) is 10.7. The predicted molar refractivity (Wildman–Crippen MR) is 119 cm³/mol. The van der Waals surface area contributed by atoms with Gasteiger partial charge in [0.1, 0.15) is 0 Å². The van der Waals surface area contributed by atoms with Gasteiger partial charge in [-0.1, -0.05) is 72.3 Å². The summed E-state index contributed by atoms with van der Waals surface area (Å²) < 4.78 is 0. The fraction of sp³-hybridized carbons (Fsp3) is 0.167. The van der Waals surface area contributed by atoms with E-state index in [2.05, 4.69) is 10.6 Å². The molecule has 1 unspecified atom stereocenters. The number of amides is 1. The van der Waals surface area contributed by atoms with E-state index in [0.717, 1.165) is 5.56 Å². The summed E-state index contributed by atoms with van der Waals surface area (Å²) in [5, 5.41) is 15.9. The summed E-state index contributed by atoms with van der Waals surface area (Å²) in [6.07, 6.45) is 0. The van der Waals surface area contributed by atoms with E-state index in [-0.39, 0.29) is 30.8 Å². The second-order valence-electron chi connectivity index (χ2n) is 6.85. The number of nitrogens with one attached hydrogen (secondary N) is 2. The van der Waals surface area contributed by atoms with Crippen LogP contribution in [0.2, 0.25) is 5.02 Å². The van der Waals surface area contributed by atoms with Crippen molar-refractivity contribution in [2.24, 2.45) is 0 Å². The highest BCUT2D eigenvalue weighted by molar-refractivity contribution is 6.31. The van der Waals surface area contributed by atoms with Crippen LogP contribution in [0.4, 0.5) is 5.69 Å². The van der Waals surface area contributed by atoms with E-state index in [1.807, 2.05) is 36.4 Å². The summed E-state index contributed by atoms with van der Waals surface area (Å²) in [7, 11) is 0. The minimum atomic E-state index is -0.288. The summed E-state index contributed by atoms with van der Waals surface area (Å²) >= 11 is 6.08. The number of carbonyl (C=O) groups excluding carboxylic acids is 2. The molecule has 3 aromatic rings. The number of benzene rings is 3. The van der Waals surface area contributed by atoms with E-state index in [1.54, 1.807) is 42.5 Å². The molecule has 6 heteroatoms. The van der Waals surface area contributed by atoms with Crippen molar-refractivity contribution in [1.29, 1.82) is 0 Å². The van der Waals surface area contributed by atoms with Gasteiger partial charge in [0.2, 0.25) is 5.91 Å². The first-order valence-electron chi connectivity index (χ1n) is 9.64. The highest BCUT2D eigenvalue weighted by atomic mass is 35.5. The van der Waals surface area contributed by atoms with E-state index >= 15 is 0 Å². The van der Waals surface area contributed by atoms with E-state index in [4.69, 9.17) is 11.6 Å². The summed E-state index contributed by atoms with van der Waals surface area (Å²) in [5.74, 6) is -0.611. The van der Waals surface area contributed by atoms with Gasteiger partial charge < -0.3 is 15.7 Å². The lowest BCUT2D eigenvalue weighted by atomic mass is 10.0. The Morgan fingerprint density at radius 2 is 1.60 bits per heavy atom. The first-order chi connectivity index (χ1) is 14.6. The maximum Gasteiger partial charge on any atom is 0.238 e. The number of halogens is 1. The van der Waals surface area contributed by atoms with Crippen LogP contribution in [0.1, 0.15) is 27.4 Å². The van der Waals surface area contributed by atoms with Crippen LogP contribution in [0.25, 0.3) is 0 Å². The molecule has 0 aliphatic heterocycles. The first kappa shape index (κ1) is 21.7. The van der Waals surface area contributed by atoms with Crippen LogP contribution in [-0.4, -0.2) is 36.5 Å². The molecule has 0 fully saturated rings. The Labute approximate surface area is 180 Å². The molecule has 0 aliphatic rings. The zero-order chi connectivity index (χ0) is 21.3. The molecule has 0 bridgehead atoms. The minimum Gasteiger partial charge on any atom is -0.396 e. The van der Waals surface area contributed by atoms with E-state index in [1.165, 1.54) is 0 Å². The third-order valence-electron chi connectivity index (χ3n) is 4.70. The largest absolute Gasteiger partial charge is 0.396 e. The number of anilines is 1. The molecule has 0 radical (unpaired) electrons. The normalized spacial score (nSPS) is 11.7. The van der Waals surface area contributed by atoms with Crippen molar-refractivity contribution >= 4 is 29.0 Å². The highest BCUT2D eigenvalue weighted by Crippen LogP contribution is 2.23. The lowest BCUT2D eigenvalue weighted by Gasteiger charge is -2.16. The molecule has 1 amide bonds. The van der Waals surface area contributed by atoms with Gasteiger partial charge in [-0.25, -0.2) is 0 Å². The molecule has 1 atom stereocenters. The Kier molecular flexibility index (Phi) is 7.74. The average Bonchev–Trinajstić information content (AvgIpc) is 2.78. The van der Waals surface area contributed by atoms with Crippen molar-refractivity contribution < 1.29 is 14.7 Å². The molecule has 30 heavy (non-hydrogen) atoms. The molecule has 0 saturated heterocycles. The Bertz CT molecular complexity index is 994. The zero-order valence-electron chi connectivity index (χ0n) is 16.3. The fourth-order valence-corrected chi connectivity index (χ4v) is 3.30. The molecule has 0 saturated carbocycles. The first-order valence-corrected chi connectivity index (χ1v) is 10.0. The minimum absolute atomic E-state index is 0.0223. The predicted octanol–water partition coefficient (Wildman–Crippen LogP) is 3.88. The van der Waals surface area contributed by atoms with Gasteiger partial charge >= 0.3 is 0 Å². The lowest BCUT2D eigenvalue weighted by molar-refractivity contribution is -0.115. The smallest absolute Gasteiger partial charge is 0.238 e. The quantitative estimate of drug-likeness (QED) is 0.457. The monoisotopic (exact) mass is 422 g/mol. The van der Waals surface area contributed by atoms with Crippen molar-refractivity contribution in [3.63, 3.8) is 0 Å². The maximum atomic E-state index is 12.8. The van der Waals surface area contributed by atoms with Gasteiger partial charge in [0.25, 0.3) is 0 Å². The third kappa shape index (κ3) is 5.76. The van der Waals surface area contributed by atoms with Gasteiger partial charge in [0.05, 0.1) is 18.8 Å². The molecule has 0 aromatic heterocycles. The van der Waals surface area contributed by atoms with Crippen LogP contribution in [0.5, 0.6) is 0 Å². The molecule has 0 heterocycles. The van der Waals surface area contributed by atoms with Crippen molar-refractivity contribution in [2.45, 2.75) is 5.92 Å². The van der Waals surface area contributed by atoms with Crippen LogP contribution in [0.15, 0.2) is 78.9 Å². The molecular weight excluding hydrogens is 400 g/mol. The lowest BCUT2D eigenvalue weighted by Crippen LogP contribution is -2.32. The Balaban J connectivity index is 1.63. The van der Waals surface area contributed by atoms with Crippen molar-refractivity contribution in [3.05, 3.63) is 101 Å². The summed E-state index contributed by atoms with van der Waals surface area (Å²) in [6, 6.07) is 23.3. The van der Waals surface area contributed by atoms with Crippen LogP contribution >= 0.6 is 11.6 Å². The highest BCUT2D eigenvalue weighted by Gasteiger charge is 2.16. The molecule has 154 valence electrons. The van der Waals surface area contributed by atoms with Gasteiger partial charge in [-0.3, -0.25) is 9.59 Å². The van der Waals surface area contributed by atoms with E-state index in [0.29, 0.717) is 28.4 Å². The molecule has 3 aromatic carbocycles. The molecule has 5 nitrogen and oxygen atoms in total. The third-order valence-corrected chi connectivity index (χ3v) is 4.94. The number of aliphatic hydroxyl groups is 1.